The highest BCUT2D eigenvalue weighted by atomic mass is 79.9. The van der Waals surface area contributed by atoms with Gasteiger partial charge in [-0.3, -0.25) is 14.5 Å². The maximum Gasteiger partial charge on any atom is 0.228 e. The summed E-state index contributed by atoms with van der Waals surface area (Å²) in [4.78, 5) is 28.8. The van der Waals surface area contributed by atoms with Crippen molar-refractivity contribution in [3.05, 3.63) is 16.2 Å². The third-order valence-corrected chi connectivity index (χ3v) is 4.73. The van der Waals surface area contributed by atoms with Crippen molar-refractivity contribution in [1.29, 1.82) is 5.26 Å². The molecule has 1 fully saturated rings. The van der Waals surface area contributed by atoms with Gasteiger partial charge in [-0.05, 0) is 21.8 Å². The number of nitrogens with zero attached hydrogens (tertiary/aromatic N) is 3. The van der Waals surface area contributed by atoms with Crippen molar-refractivity contribution in [2.24, 2.45) is 5.92 Å². The molecule has 110 valence electrons. The summed E-state index contributed by atoms with van der Waals surface area (Å²) in [6.07, 6.45) is 0.388. The largest absolute Gasteiger partial charge is 0.397 e. The molecule has 21 heavy (non-hydrogen) atoms. The molecule has 0 spiro atoms. The van der Waals surface area contributed by atoms with Crippen molar-refractivity contribution in [1.82, 2.24) is 4.98 Å². The van der Waals surface area contributed by atoms with E-state index in [9.17, 15) is 9.59 Å². The van der Waals surface area contributed by atoms with Crippen molar-refractivity contribution in [3.63, 3.8) is 0 Å². The maximum absolute atomic E-state index is 12.1. The molecule has 1 aliphatic heterocycles. The van der Waals surface area contributed by atoms with Crippen molar-refractivity contribution in [2.45, 2.75) is 13.3 Å². The van der Waals surface area contributed by atoms with E-state index in [4.69, 9.17) is 11.0 Å². The minimum Gasteiger partial charge on any atom is -0.397 e. The molecule has 2 rings (SSSR count). The lowest BCUT2D eigenvalue weighted by atomic mass is 10.1. The lowest BCUT2D eigenvalue weighted by Crippen LogP contribution is -2.26. The normalized spacial score (nSPS) is 17.9. The van der Waals surface area contributed by atoms with Gasteiger partial charge in [0.1, 0.15) is 22.1 Å². The Labute approximate surface area is 134 Å². The molecule has 0 saturated carbocycles. The van der Waals surface area contributed by atoms with Gasteiger partial charge in [0.15, 0.2) is 5.12 Å². The first-order valence-electron chi connectivity index (χ1n) is 6.22. The van der Waals surface area contributed by atoms with Crippen molar-refractivity contribution in [3.8, 4) is 6.07 Å². The van der Waals surface area contributed by atoms with Gasteiger partial charge in [-0.2, -0.15) is 5.26 Å². The minimum absolute atomic E-state index is 0.0457. The standard InChI is InChI=1S/C13H13BrN4O2S/c1-7(19)21-6-8-2-12(20)18(5-8)11-3-10(16)9(4-15)13(14)17-11/h3,8H,2,5-6H2,1H3,(H2,16,17). The van der Waals surface area contributed by atoms with Crippen LogP contribution in [0.4, 0.5) is 11.5 Å². The number of thioether (sulfide) groups is 1. The molecule has 1 aromatic heterocycles. The number of pyridine rings is 1. The number of halogens is 1. The van der Waals surface area contributed by atoms with Crippen LogP contribution >= 0.6 is 27.7 Å². The molecule has 1 atom stereocenters. The second kappa shape index (κ2) is 6.45. The van der Waals surface area contributed by atoms with E-state index in [1.165, 1.54) is 24.8 Å². The molecule has 1 aliphatic rings. The molecule has 0 radical (unpaired) electrons. The highest BCUT2D eigenvalue weighted by Crippen LogP contribution is 2.30. The molecular formula is C13H13BrN4O2S. The first-order valence-corrected chi connectivity index (χ1v) is 8.00. The van der Waals surface area contributed by atoms with Gasteiger partial charge in [0.05, 0.1) is 5.69 Å². The number of hydrogen-bond donors (Lipinski definition) is 1. The number of amides is 1. The molecule has 1 amide bonds. The molecule has 2 heterocycles. The Morgan fingerprint density at radius 1 is 1.71 bits per heavy atom. The van der Waals surface area contributed by atoms with Crippen LogP contribution in [0.15, 0.2) is 10.7 Å². The van der Waals surface area contributed by atoms with Crippen molar-refractivity contribution < 1.29 is 9.59 Å². The average Bonchev–Trinajstić information content (AvgIpc) is 2.77. The molecule has 1 saturated heterocycles. The zero-order valence-electron chi connectivity index (χ0n) is 11.3. The first kappa shape index (κ1) is 15.8. The fourth-order valence-electron chi connectivity index (χ4n) is 2.12. The van der Waals surface area contributed by atoms with E-state index in [0.29, 0.717) is 29.1 Å². The molecule has 8 heteroatoms. The highest BCUT2D eigenvalue weighted by Gasteiger charge is 2.32. The van der Waals surface area contributed by atoms with Crippen LogP contribution in [0.25, 0.3) is 0 Å². The van der Waals surface area contributed by atoms with Gasteiger partial charge < -0.3 is 5.73 Å². The van der Waals surface area contributed by atoms with E-state index < -0.39 is 0 Å². The SMILES string of the molecule is CC(=O)SCC1CC(=O)N(c2cc(N)c(C#N)c(Br)n2)C1. The number of nitriles is 1. The van der Waals surface area contributed by atoms with Gasteiger partial charge in [-0.15, -0.1) is 0 Å². The van der Waals surface area contributed by atoms with Gasteiger partial charge in [-0.25, -0.2) is 4.98 Å². The summed E-state index contributed by atoms with van der Waals surface area (Å²) in [7, 11) is 0. The summed E-state index contributed by atoms with van der Waals surface area (Å²) in [6.45, 7) is 2.02. The van der Waals surface area contributed by atoms with Gasteiger partial charge >= 0.3 is 0 Å². The Hall–Kier alpha value is -1.59. The Bertz CT molecular complexity index is 621. The summed E-state index contributed by atoms with van der Waals surface area (Å²) >= 11 is 4.41. The Morgan fingerprint density at radius 3 is 3.00 bits per heavy atom. The summed E-state index contributed by atoms with van der Waals surface area (Å²) in [5.74, 6) is 1.11. The number of aromatic nitrogens is 1. The number of anilines is 2. The predicted octanol–water partition coefficient (Wildman–Crippen LogP) is 1.93. The zero-order valence-corrected chi connectivity index (χ0v) is 13.7. The second-order valence-corrected chi connectivity index (χ2v) is 6.67. The van der Waals surface area contributed by atoms with Crippen LogP contribution in [0.2, 0.25) is 0 Å². The smallest absolute Gasteiger partial charge is 0.228 e. The number of carbonyl (C=O) groups is 2. The zero-order chi connectivity index (χ0) is 15.6. The van der Waals surface area contributed by atoms with Crippen LogP contribution in [-0.4, -0.2) is 28.3 Å². The van der Waals surface area contributed by atoms with E-state index in [0.717, 1.165) is 0 Å². The Kier molecular flexibility index (Phi) is 4.85. The fraction of sp³-hybridized carbons (Fsp3) is 0.385. The maximum atomic E-state index is 12.1. The Morgan fingerprint density at radius 2 is 2.43 bits per heavy atom. The molecule has 0 bridgehead atoms. The van der Waals surface area contributed by atoms with Crippen LogP contribution in [0.3, 0.4) is 0 Å². The van der Waals surface area contributed by atoms with E-state index in [-0.39, 0.29) is 28.2 Å². The first-order chi connectivity index (χ1) is 9.92. The predicted molar refractivity (Wildman–Crippen MR) is 84.7 cm³/mol. The average molecular weight is 369 g/mol. The molecular weight excluding hydrogens is 356 g/mol. The third kappa shape index (κ3) is 3.54. The lowest BCUT2D eigenvalue weighted by Gasteiger charge is -2.17. The minimum atomic E-state index is -0.0485. The molecule has 6 nitrogen and oxygen atoms in total. The molecule has 0 aliphatic carbocycles. The summed E-state index contributed by atoms with van der Waals surface area (Å²) in [5, 5.41) is 9.00. The third-order valence-electron chi connectivity index (χ3n) is 3.11. The van der Waals surface area contributed by atoms with Gasteiger partial charge in [0.2, 0.25) is 5.91 Å². The molecule has 2 N–H and O–H groups in total. The highest BCUT2D eigenvalue weighted by molar-refractivity contribution is 9.10. The van der Waals surface area contributed by atoms with Crippen LogP contribution < -0.4 is 10.6 Å². The summed E-state index contributed by atoms with van der Waals surface area (Å²) in [5.41, 5.74) is 6.34. The number of carbonyl (C=O) groups excluding carboxylic acids is 2. The van der Waals surface area contributed by atoms with E-state index in [1.54, 1.807) is 4.90 Å². The van der Waals surface area contributed by atoms with E-state index >= 15 is 0 Å². The van der Waals surface area contributed by atoms with Gasteiger partial charge in [-0.1, -0.05) is 11.8 Å². The van der Waals surface area contributed by atoms with E-state index in [1.807, 2.05) is 6.07 Å². The fourth-order valence-corrected chi connectivity index (χ4v) is 3.31. The summed E-state index contributed by atoms with van der Waals surface area (Å²) in [6, 6.07) is 3.48. The second-order valence-electron chi connectivity index (χ2n) is 4.72. The Balaban J connectivity index is 2.18. The van der Waals surface area contributed by atoms with E-state index in [2.05, 4.69) is 20.9 Å². The quantitative estimate of drug-likeness (QED) is 0.818. The van der Waals surface area contributed by atoms with Crippen molar-refractivity contribution in [2.75, 3.05) is 22.9 Å². The van der Waals surface area contributed by atoms with Crippen LogP contribution in [-0.2, 0) is 9.59 Å². The summed E-state index contributed by atoms with van der Waals surface area (Å²) < 4.78 is 0.328. The van der Waals surface area contributed by atoms with Gasteiger partial charge in [0.25, 0.3) is 0 Å². The van der Waals surface area contributed by atoms with Gasteiger partial charge in [0, 0.05) is 31.7 Å². The molecule has 1 aromatic rings. The molecule has 0 aromatic carbocycles. The number of rotatable bonds is 3. The monoisotopic (exact) mass is 368 g/mol. The van der Waals surface area contributed by atoms with Crippen LogP contribution in [0.5, 0.6) is 0 Å². The van der Waals surface area contributed by atoms with Crippen LogP contribution in [0.1, 0.15) is 18.9 Å². The molecule has 1 unspecified atom stereocenters. The van der Waals surface area contributed by atoms with Crippen LogP contribution in [0, 0.1) is 17.2 Å². The number of hydrogen-bond acceptors (Lipinski definition) is 6. The lowest BCUT2D eigenvalue weighted by molar-refractivity contribution is -0.117. The van der Waals surface area contributed by atoms with Crippen molar-refractivity contribution >= 4 is 50.2 Å². The topological polar surface area (TPSA) is 100 Å². The number of nitrogen functional groups attached to an aromatic ring is 1. The number of nitrogens with two attached hydrogens (primary N) is 1.